The lowest BCUT2D eigenvalue weighted by Gasteiger charge is -2.19. The normalized spacial score (nSPS) is 13.2. The van der Waals surface area contributed by atoms with Gasteiger partial charge in [-0.1, -0.05) is 106 Å². The van der Waals surface area contributed by atoms with E-state index in [9.17, 15) is 0 Å². The van der Waals surface area contributed by atoms with E-state index in [1.165, 1.54) is 81.2 Å². The average molecular weight is 396 g/mol. The molecular weight excluding hydrogens is 362 g/mol. The Balaban J connectivity index is 1.44. The van der Waals surface area contributed by atoms with Gasteiger partial charge in [-0.3, -0.25) is 0 Å². The van der Waals surface area contributed by atoms with Crippen molar-refractivity contribution in [1.82, 2.24) is 0 Å². The van der Waals surface area contributed by atoms with Gasteiger partial charge in [0.05, 0.1) is 0 Å². The molecule has 0 atom stereocenters. The van der Waals surface area contributed by atoms with E-state index in [0.29, 0.717) is 0 Å². The van der Waals surface area contributed by atoms with Gasteiger partial charge in [-0.15, -0.1) is 0 Å². The van der Waals surface area contributed by atoms with Crippen LogP contribution in [-0.2, 0) is 6.42 Å². The summed E-state index contributed by atoms with van der Waals surface area (Å²) in [5.74, 6) is 1.22. The van der Waals surface area contributed by atoms with Gasteiger partial charge >= 0.3 is 0 Å². The van der Waals surface area contributed by atoms with Crippen molar-refractivity contribution < 1.29 is 0 Å². The summed E-state index contributed by atoms with van der Waals surface area (Å²) >= 11 is 5.64. The summed E-state index contributed by atoms with van der Waals surface area (Å²) in [7, 11) is 3.72. The monoisotopic (exact) mass is 395 g/mol. The second-order valence-electron chi connectivity index (χ2n) is 6.88. The summed E-state index contributed by atoms with van der Waals surface area (Å²) < 4.78 is 1.03. The summed E-state index contributed by atoms with van der Waals surface area (Å²) in [6.07, 6.45) is 15.2. The first-order valence-electron chi connectivity index (χ1n) is 10.0. The number of anilines is 1. The number of para-hydroxylation sites is 1. The van der Waals surface area contributed by atoms with Gasteiger partial charge in [0, 0.05) is 18.0 Å². The highest BCUT2D eigenvalue weighted by atomic mass is 33.1. The highest BCUT2D eigenvalue weighted by Crippen LogP contribution is 2.34. The summed E-state index contributed by atoms with van der Waals surface area (Å²) in [6.45, 7) is 3.33. The number of benzene rings is 1. The van der Waals surface area contributed by atoms with Gasteiger partial charge in [0.1, 0.15) is 0 Å². The quantitative estimate of drug-likeness (QED) is 0.203. The first-order chi connectivity index (χ1) is 12.3. The molecule has 0 amide bonds. The van der Waals surface area contributed by atoms with Gasteiger partial charge < -0.3 is 4.90 Å². The van der Waals surface area contributed by atoms with Crippen molar-refractivity contribution in [3.8, 4) is 0 Å². The number of hydrogen-bond acceptors (Lipinski definition) is 3. The number of thiocarbonyl (C=S) groups is 1. The number of unbranched alkanes of at least 4 members (excludes halogenated alkanes) is 9. The topological polar surface area (TPSA) is 3.24 Å². The summed E-state index contributed by atoms with van der Waals surface area (Å²) in [6, 6.07) is 8.65. The maximum Gasteiger partial charge on any atom is 0.151 e. The Morgan fingerprint density at radius 3 is 2.32 bits per heavy atom. The minimum Gasteiger partial charge on any atom is -0.326 e. The van der Waals surface area contributed by atoms with Gasteiger partial charge in [0.2, 0.25) is 0 Å². The third-order valence-corrected chi connectivity index (χ3v) is 7.87. The van der Waals surface area contributed by atoms with Crippen LogP contribution in [0.25, 0.3) is 0 Å². The van der Waals surface area contributed by atoms with Crippen LogP contribution in [0.4, 0.5) is 5.69 Å². The molecule has 0 spiro atoms. The van der Waals surface area contributed by atoms with Crippen LogP contribution in [0.3, 0.4) is 0 Å². The molecule has 4 heteroatoms. The molecule has 0 N–H and O–H groups in total. The average Bonchev–Trinajstić information content (AvgIpc) is 3.06. The maximum absolute atomic E-state index is 5.64. The van der Waals surface area contributed by atoms with E-state index in [4.69, 9.17) is 12.2 Å². The molecule has 0 radical (unpaired) electrons. The molecule has 1 aromatic carbocycles. The standard InChI is InChI=1S/C21H33NS3/c1-2-3-4-5-6-7-8-9-10-13-18-24-25-21(23)22-17-16-19-14-11-12-15-20(19)22/h11-12,14-15H,2-10,13,16-18H2,1H3. The number of nitrogens with zero attached hydrogens (tertiary/aromatic N) is 1. The van der Waals surface area contributed by atoms with Crippen molar-refractivity contribution in [3.05, 3.63) is 29.8 Å². The molecular formula is C21H33NS3. The van der Waals surface area contributed by atoms with Crippen LogP contribution in [0.5, 0.6) is 0 Å². The smallest absolute Gasteiger partial charge is 0.151 e. The van der Waals surface area contributed by atoms with Gasteiger partial charge in [-0.2, -0.15) is 0 Å². The van der Waals surface area contributed by atoms with E-state index in [1.807, 2.05) is 10.8 Å². The Kier molecular flexibility index (Phi) is 11.0. The second-order valence-corrected chi connectivity index (χ2v) is 9.93. The third kappa shape index (κ3) is 7.92. The molecule has 1 aliphatic heterocycles. The zero-order valence-electron chi connectivity index (χ0n) is 15.7. The fourth-order valence-electron chi connectivity index (χ4n) is 3.31. The zero-order valence-corrected chi connectivity index (χ0v) is 18.1. The van der Waals surface area contributed by atoms with Gasteiger partial charge in [0.25, 0.3) is 0 Å². The minimum atomic E-state index is 1.03. The van der Waals surface area contributed by atoms with Crippen molar-refractivity contribution in [2.75, 3.05) is 17.2 Å². The van der Waals surface area contributed by atoms with Gasteiger partial charge in [-0.25, -0.2) is 0 Å². The molecule has 140 valence electrons. The van der Waals surface area contributed by atoms with E-state index in [0.717, 1.165) is 17.3 Å². The van der Waals surface area contributed by atoms with Crippen molar-refractivity contribution in [3.63, 3.8) is 0 Å². The Morgan fingerprint density at radius 2 is 1.60 bits per heavy atom. The third-order valence-electron chi connectivity index (χ3n) is 4.82. The summed E-state index contributed by atoms with van der Waals surface area (Å²) in [4.78, 5) is 2.31. The molecule has 1 aromatic rings. The van der Waals surface area contributed by atoms with Crippen LogP contribution in [0, 0.1) is 0 Å². The lowest BCUT2D eigenvalue weighted by atomic mass is 10.1. The van der Waals surface area contributed by atoms with Crippen LogP contribution in [0.15, 0.2) is 24.3 Å². The van der Waals surface area contributed by atoms with E-state index >= 15 is 0 Å². The Hall–Kier alpha value is -0.190. The van der Waals surface area contributed by atoms with Crippen LogP contribution >= 0.6 is 33.8 Å². The fourth-order valence-corrected chi connectivity index (χ4v) is 5.90. The molecule has 0 bridgehead atoms. The van der Waals surface area contributed by atoms with E-state index < -0.39 is 0 Å². The molecule has 0 saturated heterocycles. The minimum absolute atomic E-state index is 1.03. The van der Waals surface area contributed by atoms with Gasteiger partial charge in [-0.05, 0) is 35.3 Å². The van der Waals surface area contributed by atoms with E-state index in [-0.39, 0.29) is 0 Å². The molecule has 0 unspecified atom stereocenters. The summed E-state index contributed by atoms with van der Waals surface area (Å²) in [5.41, 5.74) is 2.75. The van der Waals surface area contributed by atoms with E-state index in [2.05, 4.69) is 36.1 Å². The Bertz CT molecular complexity index is 504. The van der Waals surface area contributed by atoms with Crippen molar-refractivity contribution in [1.29, 1.82) is 0 Å². The highest BCUT2D eigenvalue weighted by Gasteiger charge is 2.21. The maximum atomic E-state index is 5.64. The Labute approximate surface area is 168 Å². The molecule has 0 fully saturated rings. The van der Waals surface area contributed by atoms with Crippen LogP contribution in [0.2, 0.25) is 0 Å². The highest BCUT2D eigenvalue weighted by molar-refractivity contribution is 8.83. The van der Waals surface area contributed by atoms with Gasteiger partial charge in [0.15, 0.2) is 4.32 Å². The largest absolute Gasteiger partial charge is 0.326 e. The van der Waals surface area contributed by atoms with Crippen molar-refractivity contribution in [2.24, 2.45) is 0 Å². The molecule has 2 rings (SSSR count). The van der Waals surface area contributed by atoms with Crippen LogP contribution in [0.1, 0.15) is 76.7 Å². The molecule has 25 heavy (non-hydrogen) atoms. The van der Waals surface area contributed by atoms with Crippen molar-refractivity contribution >= 4 is 43.8 Å². The molecule has 1 nitrogen and oxygen atoms in total. The first kappa shape index (κ1) is 21.1. The molecule has 0 aromatic heterocycles. The number of fused-ring (bicyclic) bond motifs is 1. The van der Waals surface area contributed by atoms with Crippen LogP contribution in [-0.4, -0.2) is 16.6 Å². The second kappa shape index (κ2) is 13.1. The number of rotatable bonds is 12. The molecule has 1 aliphatic rings. The lowest BCUT2D eigenvalue weighted by molar-refractivity contribution is 0.563. The van der Waals surface area contributed by atoms with Crippen molar-refractivity contribution in [2.45, 2.75) is 77.6 Å². The van der Waals surface area contributed by atoms with E-state index in [1.54, 1.807) is 10.8 Å². The zero-order chi connectivity index (χ0) is 17.7. The lowest BCUT2D eigenvalue weighted by Crippen LogP contribution is -2.23. The molecule has 1 heterocycles. The van der Waals surface area contributed by atoms with Crippen LogP contribution < -0.4 is 4.90 Å². The predicted octanol–water partition coefficient (Wildman–Crippen LogP) is 7.64. The molecule has 0 aliphatic carbocycles. The predicted molar refractivity (Wildman–Crippen MR) is 122 cm³/mol. The SMILES string of the molecule is CCCCCCCCCCCCSSC(=S)N1CCc2ccccc21. The fraction of sp³-hybridized carbons (Fsp3) is 0.667. The first-order valence-corrected chi connectivity index (χ1v) is 12.7. The molecule has 0 saturated carbocycles. The summed E-state index contributed by atoms with van der Waals surface area (Å²) in [5, 5.41) is 0. The Morgan fingerprint density at radius 1 is 0.960 bits per heavy atom. The number of hydrogen-bond donors (Lipinski definition) is 0.